The molecule has 0 saturated carbocycles. The molecule has 1 aliphatic heterocycles. The van der Waals surface area contributed by atoms with Crippen molar-refractivity contribution in [3.8, 4) is 5.88 Å². The highest BCUT2D eigenvalue weighted by Crippen LogP contribution is 2.41. The fourth-order valence-corrected chi connectivity index (χ4v) is 4.22. The lowest BCUT2D eigenvalue weighted by Crippen LogP contribution is -2.50. The zero-order valence-corrected chi connectivity index (χ0v) is 21.2. The van der Waals surface area contributed by atoms with E-state index in [0.717, 1.165) is 41.6 Å². The zero-order valence-electron chi connectivity index (χ0n) is 21.2. The van der Waals surface area contributed by atoms with Gasteiger partial charge in [-0.05, 0) is 25.5 Å². The van der Waals surface area contributed by atoms with Crippen molar-refractivity contribution in [1.29, 1.82) is 0 Å². The number of alkyl halides is 5. The summed E-state index contributed by atoms with van der Waals surface area (Å²) in [6.45, 7) is -0.758. The van der Waals surface area contributed by atoms with Gasteiger partial charge in [0.05, 0.1) is 31.2 Å². The molecule has 0 bridgehead atoms. The van der Waals surface area contributed by atoms with Gasteiger partial charge in [-0.25, -0.2) is 32.5 Å². The molecule has 1 fully saturated rings. The van der Waals surface area contributed by atoms with Gasteiger partial charge in [-0.1, -0.05) is 11.2 Å². The van der Waals surface area contributed by atoms with Crippen LogP contribution in [0.4, 0.5) is 30.7 Å². The molecule has 1 aliphatic rings. The molecular formula is C25H21F7N6O3. The molecule has 1 saturated heterocycles. The molecule has 1 aromatic carbocycles. The van der Waals surface area contributed by atoms with Crippen molar-refractivity contribution in [2.75, 3.05) is 19.7 Å². The number of aliphatic hydroxyl groups excluding tert-OH is 1. The smallest absolute Gasteiger partial charge is 0.390 e. The Labute approximate surface area is 227 Å². The zero-order chi connectivity index (χ0) is 29.9. The molecule has 0 radical (unpaired) electrons. The first kappa shape index (κ1) is 29.8. The molecule has 4 rings (SSSR count). The summed E-state index contributed by atoms with van der Waals surface area (Å²) in [5, 5.41) is 13.5. The van der Waals surface area contributed by atoms with Crippen molar-refractivity contribution in [2.24, 2.45) is 5.16 Å². The van der Waals surface area contributed by atoms with Crippen LogP contribution in [0, 0.1) is 18.6 Å². The van der Waals surface area contributed by atoms with Crippen LogP contribution in [0.1, 0.15) is 40.8 Å². The number of hydrogen-bond acceptors (Lipinski definition) is 8. The molecule has 9 nitrogen and oxygen atoms in total. The van der Waals surface area contributed by atoms with E-state index in [1.54, 1.807) is 0 Å². The summed E-state index contributed by atoms with van der Waals surface area (Å²) in [4.78, 5) is 32.7. The minimum Gasteiger partial charge on any atom is -0.390 e. The van der Waals surface area contributed by atoms with E-state index in [2.05, 4.69) is 25.1 Å². The molecule has 1 N–H and O–H groups in total. The molecule has 0 spiro atoms. The van der Waals surface area contributed by atoms with E-state index >= 15 is 8.78 Å². The predicted octanol–water partition coefficient (Wildman–Crippen LogP) is 3.84. The van der Waals surface area contributed by atoms with Gasteiger partial charge in [0.15, 0.2) is 0 Å². The Morgan fingerprint density at radius 3 is 2.51 bits per heavy atom. The number of piperidine rings is 1. The van der Waals surface area contributed by atoms with Crippen LogP contribution in [0.3, 0.4) is 0 Å². The fourth-order valence-electron chi connectivity index (χ4n) is 4.22. The monoisotopic (exact) mass is 586 g/mol. The van der Waals surface area contributed by atoms with Crippen LogP contribution in [0.15, 0.2) is 41.8 Å². The van der Waals surface area contributed by atoms with Crippen LogP contribution in [0.2, 0.25) is 0 Å². The summed E-state index contributed by atoms with van der Waals surface area (Å²) in [5.41, 5.74) is -1.33. The average Bonchev–Trinajstić information content (AvgIpc) is 2.91. The first-order chi connectivity index (χ1) is 19.3. The second-order valence-corrected chi connectivity index (χ2v) is 9.01. The Morgan fingerprint density at radius 1 is 1.17 bits per heavy atom. The highest BCUT2D eigenvalue weighted by Gasteiger charge is 2.48. The van der Waals surface area contributed by atoms with Gasteiger partial charge in [0, 0.05) is 36.1 Å². The number of aliphatic hydroxyl groups is 1. The molecule has 41 heavy (non-hydrogen) atoms. The van der Waals surface area contributed by atoms with Gasteiger partial charge in [0.25, 0.3) is 11.8 Å². The van der Waals surface area contributed by atoms with Gasteiger partial charge in [0.1, 0.15) is 23.2 Å². The largest absolute Gasteiger partial charge is 0.451 e. The number of rotatable bonds is 7. The molecule has 1 unspecified atom stereocenters. The Bertz CT molecular complexity index is 1450. The number of amides is 1. The van der Waals surface area contributed by atoms with E-state index in [4.69, 9.17) is 4.84 Å². The molecule has 16 heteroatoms. The Morgan fingerprint density at radius 2 is 1.88 bits per heavy atom. The summed E-state index contributed by atoms with van der Waals surface area (Å²) in [7, 11) is 0. The van der Waals surface area contributed by atoms with Crippen LogP contribution in [0.25, 0.3) is 0 Å². The van der Waals surface area contributed by atoms with Crippen LogP contribution in [-0.2, 0) is 17.4 Å². The third kappa shape index (κ3) is 6.75. The molecule has 3 aromatic rings. The number of carbonyl (C=O) groups is 1. The lowest BCUT2D eigenvalue weighted by molar-refractivity contribution is -0.145. The van der Waals surface area contributed by atoms with Crippen LogP contribution < -0.4 is 4.84 Å². The van der Waals surface area contributed by atoms with Gasteiger partial charge in [0.2, 0.25) is 11.7 Å². The van der Waals surface area contributed by atoms with E-state index in [9.17, 15) is 31.9 Å². The van der Waals surface area contributed by atoms with Crippen LogP contribution >= 0.6 is 0 Å². The van der Waals surface area contributed by atoms with E-state index in [1.165, 1.54) is 6.92 Å². The number of benzene rings is 1. The fraction of sp³-hybridized carbons (Fsp3) is 0.360. The number of aromatic nitrogens is 4. The molecule has 1 atom stereocenters. The topological polar surface area (TPSA) is 114 Å². The van der Waals surface area contributed by atoms with E-state index < -0.39 is 72.4 Å². The van der Waals surface area contributed by atoms with Gasteiger partial charge in [-0.2, -0.15) is 18.2 Å². The summed E-state index contributed by atoms with van der Waals surface area (Å²) < 4.78 is 97.6. The predicted molar refractivity (Wildman–Crippen MR) is 127 cm³/mol. The summed E-state index contributed by atoms with van der Waals surface area (Å²) in [6, 6.07) is 3.99. The number of carbonyl (C=O) groups excluding carboxylic acids is 1. The standard InChI is InChI=1S/C25H21F7N6O3/c1-13-34-10-15(19(11-39)37-41-20-5-7-33-23(36-20)25(30,31)32)22(35-13)16-6-8-38(12-24(16,28)29)21(40)9-14-17(26)3-2-4-18(14)27/h2-5,7,10,16,39H,6,8-9,11-12H2,1H3/b37-19-. The van der Waals surface area contributed by atoms with Gasteiger partial charge in [-0.15, -0.1) is 0 Å². The van der Waals surface area contributed by atoms with Crippen molar-refractivity contribution in [1.82, 2.24) is 24.8 Å². The highest BCUT2D eigenvalue weighted by molar-refractivity contribution is 6.02. The third-order valence-electron chi connectivity index (χ3n) is 6.20. The Kier molecular flexibility index (Phi) is 8.51. The van der Waals surface area contributed by atoms with Crippen molar-refractivity contribution >= 4 is 11.6 Å². The maximum absolute atomic E-state index is 15.5. The highest BCUT2D eigenvalue weighted by atomic mass is 19.4. The lowest BCUT2D eigenvalue weighted by atomic mass is 9.86. The SMILES string of the molecule is Cc1ncc(/C(CO)=N\Oc2ccnc(C(F)(F)F)n2)c(C2CCN(C(=O)Cc3c(F)cccc3F)CC2(F)F)n1. The Balaban J connectivity index is 1.58. The summed E-state index contributed by atoms with van der Waals surface area (Å²) in [5.74, 6) is -10.1. The third-order valence-corrected chi connectivity index (χ3v) is 6.20. The first-order valence-electron chi connectivity index (χ1n) is 12.0. The molecular weight excluding hydrogens is 565 g/mol. The second-order valence-electron chi connectivity index (χ2n) is 9.01. The average molecular weight is 586 g/mol. The first-order valence-corrected chi connectivity index (χ1v) is 12.0. The van der Waals surface area contributed by atoms with E-state index in [0.29, 0.717) is 0 Å². The maximum Gasteiger partial charge on any atom is 0.451 e. The van der Waals surface area contributed by atoms with Crippen molar-refractivity contribution in [3.05, 3.63) is 76.8 Å². The molecule has 1 amide bonds. The minimum atomic E-state index is -4.87. The molecule has 2 aromatic heterocycles. The van der Waals surface area contributed by atoms with Crippen molar-refractivity contribution in [2.45, 2.75) is 37.8 Å². The van der Waals surface area contributed by atoms with E-state index in [1.807, 2.05) is 0 Å². The van der Waals surface area contributed by atoms with Gasteiger partial charge >= 0.3 is 6.18 Å². The lowest BCUT2D eigenvalue weighted by Gasteiger charge is -2.38. The van der Waals surface area contributed by atoms with E-state index in [-0.39, 0.29) is 35.8 Å². The van der Waals surface area contributed by atoms with Crippen molar-refractivity contribution < 1.29 is 45.5 Å². The minimum absolute atomic E-state index is 0.0944. The quantitative estimate of drug-likeness (QED) is 0.254. The summed E-state index contributed by atoms with van der Waals surface area (Å²) >= 11 is 0. The second kappa shape index (κ2) is 11.7. The molecule has 0 aliphatic carbocycles. The number of likely N-dealkylation sites (tertiary alicyclic amines) is 1. The maximum atomic E-state index is 15.5. The van der Waals surface area contributed by atoms with Crippen molar-refractivity contribution in [3.63, 3.8) is 0 Å². The van der Waals surface area contributed by atoms with Crippen LogP contribution in [-0.4, -0.2) is 67.2 Å². The van der Waals surface area contributed by atoms with Gasteiger partial charge < -0.3 is 14.8 Å². The Hall–Kier alpha value is -4.21. The number of aryl methyl sites for hydroxylation is 1. The summed E-state index contributed by atoms with van der Waals surface area (Å²) in [6.07, 6.45) is -4.08. The normalized spacial score (nSPS) is 17.4. The van der Waals surface area contributed by atoms with Crippen LogP contribution in [0.5, 0.6) is 5.88 Å². The number of oxime groups is 1. The molecule has 3 heterocycles. The number of halogens is 7. The number of hydrogen-bond donors (Lipinski definition) is 1. The van der Waals surface area contributed by atoms with Gasteiger partial charge in [-0.3, -0.25) is 4.79 Å². The molecule has 218 valence electrons. The number of nitrogens with zero attached hydrogens (tertiary/aromatic N) is 6.